The van der Waals surface area contributed by atoms with E-state index in [9.17, 15) is 19.5 Å². The number of nitrogens with one attached hydrogen (secondary N) is 2. The van der Waals surface area contributed by atoms with Crippen molar-refractivity contribution in [1.29, 1.82) is 0 Å². The Hall–Kier alpha value is -2.61. The summed E-state index contributed by atoms with van der Waals surface area (Å²) in [5, 5.41) is 14.9. The number of ether oxygens (including phenoxy) is 1. The van der Waals surface area contributed by atoms with Crippen LogP contribution in [0.3, 0.4) is 0 Å². The molecular formula is C21H31N3O5. The zero-order chi connectivity index (χ0) is 21.4. The Morgan fingerprint density at radius 2 is 2.00 bits per heavy atom. The number of nitrogens with zero attached hydrogens (tertiary/aromatic N) is 1. The zero-order valence-electron chi connectivity index (χ0n) is 17.3. The molecule has 1 heterocycles. The van der Waals surface area contributed by atoms with Gasteiger partial charge < -0.3 is 20.5 Å². The highest BCUT2D eigenvalue weighted by Crippen LogP contribution is 2.15. The van der Waals surface area contributed by atoms with Gasteiger partial charge in [-0.3, -0.25) is 14.5 Å². The number of rotatable bonds is 11. The molecule has 1 aromatic carbocycles. The van der Waals surface area contributed by atoms with Gasteiger partial charge in [-0.15, -0.1) is 0 Å². The molecule has 0 saturated carbocycles. The standard InChI is InChI=1S/C21H31N3O5/c1-4-14(2)18(13-25)22-19(26)10-9-17-20(27)24(21(28)23-17)12-11-15-5-7-16(29-3)8-6-15/h5-8,14,17-18,25H,4,9-13H2,1-3H3,(H,22,26)(H,23,28)/t14-,17-,18-/m0/s1. The third-order valence-electron chi connectivity index (χ3n) is 5.42. The molecule has 3 atom stereocenters. The first-order chi connectivity index (χ1) is 13.9. The van der Waals surface area contributed by atoms with Crippen molar-refractivity contribution in [2.45, 2.75) is 51.6 Å². The van der Waals surface area contributed by atoms with Crippen LogP contribution in [0.5, 0.6) is 5.75 Å². The van der Waals surface area contributed by atoms with Gasteiger partial charge in [0.25, 0.3) is 5.91 Å². The second-order valence-corrected chi connectivity index (χ2v) is 7.37. The molecule has 1 saturated heterocycles. The van der Waals surface area contributed by atoms with Gasteiger partial charge in [0.05, 0.1) is 19.8 Å². The summed E-state index contributed by atoms with van der Waals surface area (Å²) in [6.07, 6.45) is 1.72. The molecule has 0 bridgehead atoms. The van der Waals surface area contributed by atoms with Crippen molar-refractivity contribution in [2.75, 3.05) is 20.3 Å². The van der Waals surface area contributed by atoms with Crippen LogP contribution in [0.2, 0.25) is 0 Å². The number of methoxy groups -OCH3 is 1. The molecule has 160 valence electrons. The Kier molecular flexibility index (Phi) is 8.45. The third kappa shape index (κ3) is 6.19. The number of aliphatic hydroxyl groups excluding tert-OH is 1. The normalized spacial score (nSPS) is 18.3. The molecule has 8 nitrogen and oxygen atoms in total. The van der Waals surface area contributed by atoms with Crippen molar-refractivity contribution in [3.63, 3.8) is 0 Å². The van der Waals surface area contributed by atoms with Crippen molar-refractivity contribution in [3.05, 3.63) is 29.8 Å². The van der Waals surface area contributed by atoms with Gasteiger partial charge in [-0.2, -0.15) is 0 Å². The molecule has 1 fully saturated rings. The van der Waals surface area contributed by atoms with Crippen molar-refractivity contribution in [2.24, 2.45) is 5.92 Å². The van der Waals surface area contributed by atoms with Gasteiger partial charge in [-0.25, -0.2) is 4.79 Å². The Balaban J connectivity index is 1.82. The van der Waals surface area contributed by atoms with Gasteiger partial charge in [0.15, 0.2) is 0 Å². The number of carbonyl (C=O) groups excluding carboxylic acids is 3. The minimum Gasteiger partial charge on any atom is -0.497 e. The van der Waals surface area contributed by atoms with Gasteiger partial charge in [-0.05, 0) is 36.5 Å². The summed E-state index contributed by atoms with van der Waals surface area (Å²) < 4.78 is 5.12. The molecule has 8 heteroatoms. The van der Waals surface area contributed by atoms with Crippen LogP contribution in [0.25, 0.3) is 0 Å². The van der Waals surface area contributed by atoms with E-state index in [4.69, 9.17) is 4.74 Å². The van der Waals surface area contributed by atoms with Crippen LogP contribution >= 0.6 is 0 Å². The predicted molar refractivity (Wildman–Crippen MR) is 108 cm³/mol. The van der Waals surface area contributed by atoms with E-state index in [1.165, 1.54) is 4.90 Å². The number of aliphatic hydroxyl groups is 1. The van der Waals surface area contributed by atoms with Crippen LogP contribution in [0.15, 0.2) is 24.3 Å². The molecule has 2 rings (SSSR count). The highest BCUT2D eigenvalue weighted by atomic mass is 16.5. The van der Waals surface area contributed by atoms with Gasteiger partial charge in [0, 0.05) is 13.0 Å². The maximum absolute atomic E-state index is 12.5. The fourth-order valence-electron chi connectivity index (χ4n) is 3.22. The van der Waals surface area contributed by atoms with Crippen LogP contribution in [-0.2, 0) is 16.0 Å². The first kappa shape index (κ1) is 22.7. The zero-order valence-corrected chi connectivity index (χ0v) is 17.3. The fourth-order valence-corrected chi connectivity index (χ4v) is 3.22. The van der Waals surface area contributed by atoms with Crippen molar-refractivity contribution >= 4 is 17.8 Å². The molecular weight excluding hydrogens is 374 g/mol. The molecule has 29 heavy (non-hydrogen) atoms. The quantitative estimate of drug-likeness (QED) is 0.483. The molecule has 0 spiro atoms. The first-order valence-corrected chi connectivity index (χ1v) is 10.0. The van der Waals surface area contributed by atoms with Crippen LogP contribution < -0.4 is 15.4 Å². The second-order valence-electron chi connectivity index (χ2n) is 7.37. The molecule has 1 aromatic rings. The maximum atomic E-state index is 12.5. The van der Waals surface area contributed by atoms with E-state index in [1.54, 1.807) is 7.11 Å². The molecule has 0 radical (unpaired) electrons. The average Bonchev–Trinajstić information content (AvgIpc) is 3.01. The summed E-state index contributed by atoms with van der Waals surface area (Å²) in [6.45, 7) is 4.11. The fraction of sp³-hybridized carbons (Fsp3) is 0.571. The lowest BCUT2D eigenvalue weighted by Crippen LogP contribution is -2.42. The van der Waals surface area contributed by atoms with E-state index in [0.717, 1.165) is 17.7 Å². The SMILES string of the molecule is CC[C@H](C)[C@H](CO)NC(=O)CC[C@@H]1NC(=O)N(CCc2ccc(OC)cc2)C1=O. The van der Waals surface area contributed by atoms with Crippen molar-refractivity contribution in [3.8, 4) is 5.75 Å². The van der Waals surface area contributed by atoms with E-state index >= 15 is 0 Å². The van der Waals surface area contributed by atoms with E-state index in [-0.39, 0.29) is 49.8 Å². The van der Waals surface area contributed by atoms with Crippen LogP contribution in [0, 0.1) is 5.92 Å². The van der Waals surface area contributed by atoms with Crippen molar-refractivity contribution < 1.29 is 24.2 Å². The number of imide groups is 1. The van der Waals surface area contributed by atoms with Crippen LogP contribution in [0.1, 0.15) is 38.7 Å². The number of hydrogen-bond donors (Lipinski definition) is 3. The number of hydrogen-bond acceptors (Lipinski definition) is 5. The average molecular weight is 405 g/mol. The largest absolute Gasteiger partial charge is 0.497 e. The molecule has 0 aromatic heterocycles. The Bertz CT molecular complexity index is 707. The predicted octanol–water partition coefficient (Wildman–Crippen LogP) is 1.46. The summed E-state index contributed by atoms with van der Waals surface area (Å²) in [5.41, 5.74) is 0.995. The minimum absolute atomic E-state index is 0.107. The molecule has 3 N–H and O–H groups in total. The Morgan fingerprint density at radius 1 is 1.31 bits per heavy atom. The highest BCUT2D eigenvalue weighted by molar-refractivity contribution is 6.04. The van der Waals surface area contributed by atoms with Gasteiger partial charge in [0.2, 0.25) is 5.91 Å². The molecule has 4 amide bonds. The maximum Gasteiger partial charge on any atom is 0.324 e. The summed E-state index contributed by atoms with van der Waals surface area (Å²) in [5.74, 6) is 0.365. The summed E-state index contributed by atoms with van der Waals surface area (Å²) in [4.78, 5) is 38.0. The number of benzene rings is 1. The molecule has 1 aliphatic rings. The lowest BCUT2D eigenvalue weighted by Gasteiger charge is -2.22. The van der Waals surface area contributed by atoms with Crippen molar-refractivity contribution in [1.82, 2.24) is 15.5 Å². The van der Waals surface area contributed by atoms with E-state index < -0.39 is 12.1 Å². The van der Waals surface area contributed by atoms with E-state index in [2.05, 4.69) is 10.6 Å². The smallest absolute Gasteiger partial charge is 0.324 e. The first-order valence-electron chi connectivity index (χ1n) is 10.0. The lowest BCUT2D eigenvalue weighted by atomic mass is 9.99. The van der Waals surface area contributed by atoms with Gasteiger partial charge >= 0.3 is 6.03 Å². The highest BCUT2D eigenvalue weighted by Gasteiger charge is 2.37. The van der Waals surface area contributed by atoms with Crippen LogP contribution in [0.4, 0.5) is 4.79 Å². The van der Waals surface area contributed by atoms with Gasteiger partial charge in [0.1, 0.15) is 11.8 Å². The number of urea groups is 1. The Labute approximate surface area is 171 Å². The minimum atomic E-state index is -0.694. The second kappa shape index (κ2) is 10.8. The van der Waals surface area contributed by atoms with E-state index in [1.807, 2.05) is 38.1 Å². The third-order valence-corrected chi connectivity index (χ3v) is 5.42. The summed E-state index contributed by atoms with van der Waals surface area (Å²) in [7, 11) is 1.59. The monoisotopic (exact) mass is 405 g/mol. The summed E-state index contributed by atoms with van der Waals surface area (Å²) in [6, 6.07) is 6.04. The molecule has 1 aliphatic heterocycles. The topological polar surface area (TPSA) is 108 Å². The number of carbonyl (C=O) groups is 3. The lowest BCUT2D eigenvalue weighted by molar-refractivity contribution is -0.127. The molecule has 0 aliphatic carbocycles. The van der Waals surface area contributed by atoms with E-state index in [0.29, 0.717) is 6.42 Å². The Morgan fingerprint density at radius 3 is 2.59 bits per heavy atom. The molecule has 0 unspecified atom stereocenters. The van der Waals surface area contributed by atoms with Gasteiger partial charge in [-0.1, -0.05) is 32.4 Å². The van der Waals surface area contributed by atoms with Crippen LogP contribution in [-0.4, -0.2) is 60.2 Å². The summed E-state index contributed by atoms with van der Waals surface area (Å²) >= 11 is 0. The number of amides is 4.